The number of aromatic carboxylic acids is 2. The summed E-state index contributed by atoms with van der Waals surface area (Å²) in [6, 6.07) is 12.2. The zero-order chi connectivity index (χ0) is 13.8. The number of para-hydroxylation sites is 1. The number of carboxylic acid groups (broad SMARTS) is 2. The topological polar surface area (TPSA) is 83.8 Å². The van der Waals surface area contributed by atoms with Gasteiger partial charge in [0.15, 0.2) is 0 Å². The van der Waals surface area contributed by atoms with Crippen LogP contribution in [0.1, 0.15) is 20.7 Å². The number of ether oxygens (including phenoxy) is 1. The Hall–Kier alpha value is -2.53. The number of hydrogen-bond donors (Lipinski definition) is 2. The quantitative estimate of drug-likeness (QED) is 0.904. The molecule has 0 fully saturated rings. The third kappa shape index (κ3) is 3.49. The lowest BCUT2D eigenvalue weighted by Gasteiger charge is -2.09. The van der Waals surface area contributed by atoms with Crippen LogP contribution in [0, 0.1) is 0 Å². The largest absolute Gasteiger partial charge is 0.478 e. The first kappa shape index (κ1) is 15.5. The molecule has 6 heteroatoms. The summed E-state index contributed by atoms with van der Waals surface area (Å²) in [6.45, 7) is 0. The fourth-order valence-corrected chi connectivity index (χ4v) is 1.53. The Balaban J connectivity index is 0.00000200. The molecule has 2 rings (SSSR count). The average Bonchev–Trinajstić information content (AvgIpc) is 2.39. The van der Waals surface area contributed by atoms with Gasteiger partial charge in [0.2, 0.25) is 0 Å². The van der Waals surface area contributed by atoms with E-state index < -0.39 is 11.9 Å². The maximum atomic E-state index is 11.1. The van der Waals surface area contributed by atoms with E-state index in [1.807, 2.05) is 0 Å². The summed E-state index contributed by atoms with van der Waals surface area (Å²) >= 11 is 0. The summed E-state index contributed by atoms with van der Waals surface area (Å²) in [5.41, 5.74) is -0.121. The van der Waals surface area contributed by atoms with Crippen molar-refractivity contribution in [1.29, 1.82) is 0 Å². The molecule has 0 aliphatic heterocycles. The molecule has 2 aromatic rings. The van der Waals surface area contributed by atoms with Crippen LogP contribution in [0.15, 0.2) is 48.5 Å². The molecule has 0 atom stereocenters. The highest BCUT2D eigenvalue weighted by molar-refractivity contribution is 5.94. The summed E-state index contributed by atoms with van der Waals surface area (Å²) in [6.07, 6.45) is 0. The van der Waals surface area contributed by atoms with Crippen molar-refractivity contribution in [2.75, 3.05) is 0 Å². The van der Waals surface area contributed by atoms with Crippen LogP contribution in [0.5, 0.6) is 11.5 Å². The minimum absolute atomic E-state index is 0. The first-order chi connectivity index (χ1) is 9.08. The summed E-state index contributed by atoms with van der Waals surface area (Å²) in [4.78, 5) is 21.9. The van der Waals surface area contributed by atoms with Gasteiger partial charge >= 0.3 is 11.9 Å². The standard InChI is InChI=1S/C14H10O5.ClH/c15-13(16)9-6-7-11(14(17)18)12(8-9)19-10-4-2-1-3-5-10;/h1-8H,(H,15,16)(H,17,18);1H. The Bertz CT molecular complexity index is 625. The van der Waals surface area contributed by atoms with Gasteiger partial charge in [-0.3, -0.25) is 0 Å². The molecule has 0 radical (unpaired) electrons. The van der Waals surface area contributed by atoms with Crippen LogP contribution in [-0.4, -0.2) is 22.2 Å². The molecular weight excluding hydrogens is 284 g/mol. The highest BCUT2D eigenvalue weighted by atomic mass is 35.5. The van der Waals surface area contributed by atoms with E-state index in [1.165, 1.54) is 18.2 Å². The van der Waals surface area contributed by atoms with Crippen LogP contribution in [0.4, 0.5) is 0 Å². The summed E-state index contributed by atoms with van der Waals surface area (Å²) in [7, 11) is 0. The summed E-state index contributed by atoms with van der Waals surface area (Å²) in [5, 5.41) is 17.9. The minimum Gasteiger partial charge on any atom is -0.478 e. The van der Waals surface area contributed by atoms with Crippen molar-refractivity contribution in [3.8, 4) is 11.5 Å². The van der Waals surface area contributed by atoms with Gasteiger partial charge in [0.1, 0.15) is 17.1 Å². The fourth-order valence-electron chi connectivity index (χ4n) is 1.53. The predicted molar refractivity (Wildman–Crippen MR) is 74.1 cm³/mol. The Morgan fingerprint density at radius 2 is 1.55 bits per heavy atom. The van der Waals surface area contributed by atoms with Crippen molar-refractivity contribution in [3.63, 3.8) is 0 Å². The van der Waals surface area contributed by atoms with Gasteiger partial charge in [0.05, 0.1) is 5.56 Å². The molecule has 0 saturated carbocycles. The maximum absolute atomic E-state index is 11.1. The van der Waals surface area contributed by atoms with Crippen molar-refractivity contribution < 1.29 is 24.5 Å². The lowest BCUT2D eigenvalue weighted by molar-refractivity contribution is 0.0678. The highest BCUT2D eigenvalue weighted by Gasteiger charge is 2.15. The van der Waals surface area contributed by atoms with Crippen LogP contribution < -0.4 is 4.74 Å². The first-order valence-corrected chi connectivity index (χ1v) is 5.41. The number of halogens is 1. The third-order valence-electron chi connectivity index (χ3n) is 2.43. The molecule has 0 spiro atoms. The molecule has 0 amide bonds. The van der Waals surface area contributed by atoms with Gasteiger partial charge in [-0.15, -0.1) is 12.4 Å². The zero-order valence-electron chi connectivity index (χ0n) is 10.1. The van der Waals surface area contributed by atoms with Gasteiger partial charge < -0.3 is 14.9 Å². The smallest absolute Gasteiger partial charge is 0.339 e. The summed E-state index contributed by atoms with van der Waals surface area (Å²) < 4.78 is 5.42. The molecule has 0 aliphatic rings. The van der Waals surface area contributed by atoms with Crippen LogP contribution in [-0.2, 0) is 0 Å². The van der Waals surface area contributed by atoms with E-state index in [2.05, 4.69) is 0 Å². The second-order valence-corrected chi connectivity index (χ2v) is 3.74. The Kier molecular flexibility index (Phi) is 5.11. The monoisotopic (exact) mass is 294 g/mol. The second kappa shape index (κ2) is 6.58. The van der Waals surface area contributed by atoms with Crippen LogP contribution in [0.2, 0.25) is 0 Å². The molecule has 2 aromatic carbocycles. The van der Waals surface area contributed by atoms with Crippen LogP contribution in [0.3, 0.4) is 0 Å². The van der Waals surface area contributed by atoms with Crippen LogP contribution in [0.25, 0.3) is 0 Å². The van der Waals surface area contributed by atoms with E-state index in [0.29, 0.717) is 5.75 Å². The van der Waals surface area contributed by atoms with Gasteiger partial charge in [0.25, 0.3) is 0 Å². The van der Waals surface area contributed by atoms with Gasteiger partial charge in [-0.05, 0) is 30.3 Å². The fraction of sp³-hybridized carbons (Fsp3) is 0. The molecule has 2 N–H and O–H groups in total. The number of rotatable bonds is 4. The van der Waals surface area contributed by atoms with E-state index in [-0.39, 0.29) is 29.3 Å². The minimum atomic E-state index is -1.18. The van der Waals surface area contributed by atoms with Crippen molar-refractivity contribution in [1.82, 2.24) is 0 Å². The SMILES string of the molecule is Cl.O=C(O)c1ccc(C(=O)O)c(Oc2ccccc2)c1. The highest BCUT2D eigenvalue weighted by Crippen LogP contribution is 2.26. The average molecular weight is 295 g/mol. The third-order valence-corrected chi connectivity index (χ3v) is 2.43. The molecule has 104 valence electrons. The lowest BCUT2D eigenvalue weighted by Crippen LogP contribution is -2.03. The van der Waals surface area contributed by atoms with Gasteiger partial charge in [0, 0.05) is 0 Å². The van der Waals surface area contributed by atoms with E-state index in [1.54, 1.807) is 30.3 Å². The summed E-state index contributed by atoms with van der Waals surface area (Å²) in [5.74, 6) is -1.89. The number of hydrogen-bond acceptors (Lipinski definition) is 3. The second-order valence-electron chi connectivity index (χ2n) is 3.74. The van der Waals surface area contributed by atoms with E-state index in [4.69, 9.17) is 14.9 Å². The van der Waals surface area contributed by atoms with Crippen molar-refractivity contribution >= 4 is 24.3 Å². The molecule has 20 heavy (non-hydrogen) atoms. The molecule has 0 saturated heterocycles. The number of carboxylic acids is 2. The maximum Gasteiger partial charge on any atom is 0.339 e. The zero-order valence-corrected chi connectivity index (χ0v) is 11.0. The normalized spacial score (nSPS) is 9.40. The van der Waals surface area contributed by atoms with Crippen molar-refractivity contribution in [2.45, 2.75) is 0 Å². The van der Waals surface area contributed by atoms with Gasteiger partial charge in [-0.25, -0.2) is 9.59 Å². The van der Waals surface area contributed by atoms with Gasteiger partial charge in [-0.2, -0.15) is 0 Å². The predicted octanol–water partition coefficient (Wildman–Crippen LogP) is 3.30. The van der Waals surface area contributed by atoms with Crippen molar-refractivity contribution in [3.05, 3.63) is 59.7 Å². The van der Waals surface area contributed by atoms with Gasteiger partial charge in [-0.1, -0.05) is 18.2 Å². The van der Waals surface area contributed by atoms with E-state index in [0.717, 1.165) is 0 Å². The number of carbonyl (C=O) groups is 2. The molecule has 0 heterocycles. The van der Waals surface area contributed by atoms with E-state index >= 15 is 0 Å². The Morgan fingerprint density at radius 3 is 2.10 bits per heavy atom. The molecule has 0 aromatic heterocycles. The molecule has 0 bridgehead atoms. The Morgan fingerprint density at radius 1 is 0.900 bits per heavy atom. The Labute approximate surface area is 120 Å². The first-order valence-electron chi connectivity index (χ1n) is 5.41. The van der Waals surface area contributed by atoms with E-state index in [9.17, 15) is 9.59 Å². The van der Waals surface area contributed by atoms with Crippen LogP contribution >= 0.6 is 12.4 Å². The van der Waals surface area contributed by atoms with Crippen molar-refractivity contribution in [2.24, 2.45) is 0 Å². The molecule has 0 unspecified atom stereocenters. The number of benzene rings is 2. The lowest BCUT2D eigenvalue weighted by atomic mass is 10.1. The molecule has 0 aliphatic carbocycles. The molecular formula is C14H11ClO5. The molecule has 5 nitrogen and oxygen atoms in total.